The first-order chi connectivity index (χ1) is 9.79. The summed E-state index contributed by atoms with van der Waals surface area (Å²) < 4.78 is 5.59. The Hall–Kier alpha value is -1.10. The molecule has 2 heterocycles. The highest BCUT2D eigenvalue weighted by molar-refractivity contribution is 6.28. The van der Waals surface area contributed by atoms with Gasteiger partial charge in [0, 0.05) is 13.1 Å². The summed E-state index contributed by atoms with van der Waals surface area (Å²) in [6.07, 6.45) is 8.37. The van der Waals surface area contributed by atoms with Crippen LogP contribution in [0, 0.1) is 0 Å². The Kier molecular flexibility index (Phi) is 6.30. The lowest BCUT2D eigenvalue weighted by molar-refractivity contribution is 0.280. The molecule has 1 aromatic rings. The van der Waals surface area contributed by atoms with E-state index in [0.717, 1.165) is 19.5 Å². The van der Waals surface area contributed by atoms with E-state index in [9.17, 15) is 0 Å². The molecule has 6 heteroatoms. The van der Waals surface area contributed by atoms with E-state index in [1.54, 1.807) is 0 Å². The van der Waals surface area contributed by atoms with Crippen LogP contribution < -0.4 is 9.64 Å². The fraction of sp³-hybridized carbons (Fsp3) is 0.786. The van der Waals surface area contributed by atoms with Gasteiger partial charge in [0.2, 0.25) is 11.2 Å². The first-order valence-corrected chi connectivity index (χ1v) is 7.96. The van der Waals surface area contributed by atoms with Crippen LogP contribution in [0.5, 0.6) is 6.01 Å². The Morgan fingerprint density at radius 1 is 1.05 bits per heavy atom. The van der Waals surface area contributed by atoms with Crippen molar-refractivity contribution in [3.05, 3.63) is 5.28 Å². The minimum absolute atomic E-state index is 0.211. The quantitative estimate of drug-likeness (QED) is 0.688. The Morgan fingerprint density at radius 2 is 1.80 bits per heavy atom. The lowest BCUT2D eigenvalue weighted by Gasteiger charge is -2.15. The molecule has 1 aliphatic rings. The molecule has 20 heavy (non-hydrogen) atoms. The lowest BCUT2D eigenvalue weighted by atomic mass is 10.2. The van der Waals surface area contributed by atoms with Crippen molar-refractivity contribution in [2.24, 2.45) is 0 Å². The molecule has 0 N–H and O–H groups in total. The fourth-order valence-corrected chi connectivity index (χ4v) is 2.46. The van der Waals surface area contributed by atoms with Gasteiger partial charge in [-0.2, -0.15) is 15.0 Å². The molecule has 5 nitrogen and oxygen atoms in total. The molecular weight excluding hydrogens is 276 g/mol. The Labute approximate surface area is 125 Å². The molecule has 0 spiro atoms. The Morgan fingerprint density at radius 3 is 2.55 bits per heavy atom. The third-order valence-corrected chi connectivity index (χ3v) is 3.61. The second-order valence-electron chi connectivity index (χ2n) is 5.14. The summed E-state index contributed by atoms with van der Waals surface area (Å²) >= 11 is 5.94. The van der Waals surface area contributed by atoms with Crippen LogP contribution in [0.15, 0.2) is 0 Å². The zero-order valence-electron chi connectivity index (χ0n) is 12.1. The average Bonchev–Trinajstić information content (AvgIpc) is 2.96. The van der Waals surface area contributed by atoms with Gasteiger partial charge >= 0.3 is 6.01 Å². The van der Waals surface area contributed by atoms with E-state index in [2.05, 4.69) is 26.8 Å². The normalized spacial score (nSPS) is 14.8. The van der Waals surface area contributed by atoms with Crippen LogP contribution in [0.4, 0.5) is 5.95 Å². The van der Waals surface area contributed by atoms with E-state index >= 15 is 0 Å². The van der Waals surface area contributed by atoms with Gasteiger partial charge in [-0.05, 0) is 30.9 Å². The topological polar surface area (TPSA) is 51.1 Å². The SMILES string of the molecule is CCCCCCCOc1nc(Cl)nc(N2CCCC2)n1. The molecule has 1 aliphatic heterocycles. The van der Waals surface area contributed by atoms with Crippen molar-refractivity contribution in [1.29, 1.82) is 0 Å². The van der Waals surface area contributed by atoms with Gasteiger partial charge in [0.15, 0.2) is 0 Å². The third-order valence-electron chi connectivity index (χ3n) is 3.44. The number of unbranched alkanes of at least 4 members (excludes halogenated alkanes) is 4. The molecule has 2 rings (SSSR count). The van der Waals surface area contributed by atoms with Gasteiger partial charge in [0.1, 0.15) is 0 Å². The number of rotatable bonds is 8. The zero-order chi connectivity index (χ0) is 14.2. The fourth-order valence-electron chi connectivity index (χ4n) is 2.31. The van der Waals surface area contributed by atoms with Gasteiger partial charge in [-0.3, -0.25) is 0 Å². The van der Waals surface area contributed by atoms with Crippen molar-refractivity contribution in [2.75, 3.05) is 24.6 Å². The highest BCUT2D eigenvalue weighted by atomic mass is 35.5. The summed E-state index contributed by atoms with van der Waals surface area (Å²) in [5, 5.41) is 0.211. The summed E-state index contributed by atoms with van der Waals surface area (Å²) in [6.45, 7) is 4.82. The van der Waals surface area contributed by atoms with Crippen molar-refractivity contribution < 1.29 is 4.74 Å². The zero-order valence-corrected chi connectivity index (χ0v) is 12.9. The Bertz CT molecular complexity index is 410. The number of hydrogen-bond acceptors (Lipinski definition) is 5. The van der Waals surface area contributed by atoms with Crippen molar-refractivity contribution in [2.45, 2.75) is 51.9 Å². The maximum Gasteiger partial charge on any atom is 0.322 e. The van der Waals surface area contributed by atoms with Crippen LogP contribution >= 0.6 is 11.6 Å². The molecule has 0 atom stereocenters. The molecule has 0 radical (unpaired) electrons. The van der Waals surface area contributed by atoms with Crippen LogP contribution in [0.3, 0.4) is 0 Å². The molecule has 112 valence electrons. The molecule has 0 aromatic carbocycles. The monoisotopic (exact) mass is 298 g/mol. The van der Waals surface area contributed by atoms with E-state index in [4.69, 9.17) is 16.3 Å². The van der Waals surface area contributed by atoms with Gasteiger partial charge in [-0.25, -0.2) is 0 Å². The smallest absolute Gasteiger partial charge is 0.322 e. The summed E-state index contributed by atoms with van der Waals surface area (Å²) in [7, 11) is 0. The van der Waals surface area contributed by atoms with Crippen LogP contribution in [-0.2, 0) is 0 Å². The largest absolute Gasteiger partial charge is 0.463 e. The standard InChI is InChI=1S/C14H23ClN4O/c1-2-3-4-5-8-11-20-14-17-12(15)16-13(18-14)19-9-6-7-10-19/h2-11H2,1H3. The molecule has 0 bridgehead atoms. The summed E-state index contributed by atoms with van der Waals surface area (Å²) in [5.41, 5.74) is 0. The number of aromatic nitrogens is 3. The molecule has 0 unspecified atom stereocenters. The second kappa shape index (κ2) is 8.25. The van der Waals surface area contributed by atoms with Crippen molar-refractivity contribution in [3.63, 3.8) is 0 Å². The minimum Gasteiger partial charge on any atom is -0.463 e. The first-order valence-electron chi connectivity index (χ1n) is 7.59. The number of nitrogens with zero attached hydrogens (tertiary/aromatic N) is 4. The van der Waals surface area contributed by atoms with Crippen molar-refractivity contribution >= 4 is 17.5 Å². The minimum atomic E-state index is 0.211. The van der Waals surface area contributed by atoms with Crippen LogP contribution in [-0.4, -0.2) is 34.6 Å². The lowest BCUT2D eigenvalue weighted by Crippen LogP contribution is -2.21. The second-order valence-corrected chi connectivity index (χ2v) is 5.48. The maximum absolute atomic E-state index is 5.94. The number of ether oxygens (including phenoxy) is 1. The third kappa shape index (κ3) is 4.78. The van der Waals surface area contributed by atoms with E-state index in [1.165, 1.54) is 38.5 Å². The van der Waals surface area contributed by atoms with E-state index in [0.29, 0.717) is 18.6 Å². The van der Waals surface area contributed by atoms with Gasteiger partial charge in [-0.15, -0.1) is 0 Å². The van der Waals surface area contributed by atoms with Crippen LogP contribution in [0.1, 0.15) is 51.9 Å². The number of anilines is 1. The highest BCUT2D eigenvalue weighted by Crippen LogP contribution is 2.19. The summed E-state index contributed by atoms with van der Waals surface area (Å²) in [5.74, 6) is 0.642. The molecule has 0 amide bonds. The van der Waals surface area contributed by atoms with Crippen molar-refractivity contribution in [3.8, 4) is 6.01 Å². The van der Waals surface area contributed by atoms with E-state index in [-0.39, 0.29) is 5.28 Å². The summed E-state index contributed by atoms with van der Waals surface area (Å²) in [4.78, 5) is 14.7. The van der Waals surface area contributed by atoms with Crippen molar-refractivity contribution in [1.82, 2.24) is 15.0 Å². The maximum atomic E-state index is 5.94. The molecule has 1 fully saturated rings. The van der Waals surface area contributed by atoms with Crippen LogP contribution in [0.2, 0.25) is 5.28 Å². The first kappa shape index (κ1) is 15.3. The average molecular weight is 299 g/mol. The number of halogens is 1. The Balaban J connectivity index is 1.81. The summed E-state index contributed by atoms with van der Waals surface area (Å²) in [6, 6.07) is 0.349. The van der Waals surface area contributed by atoms with Gasteiger partial charge in [-0.1, -0.05) is 32.6 Å². The van der Waals surface area contributed by atoms with Crippen LogP contribution in [0.25, 0.3) is 0 Å². The molecule has 0 saturated carbocycles. The van der Waals surface area contributed by atoms with E-state index in [1.807, 2.05) is 0 Å². The van der Waals surface area contributed by atoms with Gasteiger partial charge in [0.05, 0.1) is 6.61 Å². The molecule has 0 aliphatic carbocycles. The predicted octanol–water partition coefficient (Wildman–Crippen LogP) is 3.47. The molecule has 1 saturated heterocycles. The van der Waals surface area contributed by atoms with Gasteiger partial charge < -0.3 is 9.64 Å². The molecule has 1 aromatic heterocycles. The van der Waals surface area contributed by atoms with Gasteiger partial charge in [0.25, 0.3) is 0 Å². The van der Waals surface area contributed by atoms with E-state index < -0.39 is 0 Å². The molecular formula is C14H23ClN4O. The highest BCUT2D eigenvalue weighted by Gasteiger charge is 2.17. The number of hydrogen-bond donors (Lipinski definition) is 0. The predicted molar refractivity (Wildman–Crippen MR) is 80.5 cm³/mol.